The molecule has 4 nitrogen and oxygen atoms in total. The maximum absolute atomic E-state index is 13.0. The lowest BCUT2D eigenvalue weighted by Crippen LogP contribution is -2.31. The molecule has 0 aromatic heterocycles. The number of carboxylic acid groups (broad SMARTS) is 1. The molecule has 9 heteroatoms. The standard InChI is InChI=1S/C9H4F5NO3/c10-4-3(9(18)15-1-2(16)17)5(11)7(13)8(14)6(4)12/h1H2,(H,15,18)(H,16,17). The van der Waals surface area contributed by atoms with Gasteiger partial charge in [-0.25, -0.2) is 22.0 Å². The number of nitrogens with one attached hydrogen (secondary N) is 1. The van der Waals surface area contributed by atoms with Crippen molar-refractivity contribution >= 4 is 11.9 Å². The molecule has 1 rings (SSSR count). The van der Waals surface area contributed by atoms with E-state index in [2.05, 4.69) is 0 Å². The molecule has 0 atom stereocenters. The van der Waals surface area contributed by atoms with Crippen LogP contribution >= 0.6 is 0 Å². The Hall–Kier alpha value is -2.19. The van der Waals surface area contributed by atoms with Crippen LogP contribution in [0, 0.1) is 29.1 Å². The Bertz CT molecular complexity index is 502. The van der Waals surface area contributed by atoms with Crippen molar-refractivity contribution < 1.29 is 36.6 Å². The van der Waals surface area contributed by atoms with Gasteiger partial charge in [0, 0.05) is 0 Å². The monoisotopic (exact) mass is 269 g/mol. The Morgan fingerprint density at radius 2 is 1.28 bits per heavy atom. The van der Waals surface area contributed by atoms with Gasteiger partial charge < -0.3 is 10.4 Å². The number of carbonyl (C=O) groups excluding carboxylic acids is 1. The molecule has 0 saturated carbocycles. The Morgan fingerprint density at radius 1 is 0.889 bits per heavy atom. The molecule has 0 spiro atoms. The van der Waals surface area contributed by atoms with E-state index in [0.29, 0.717) is 0 Å². The van der Waals surface area contributed by atoms with Gasteiger partial charge in [0.2, 0.25) is 5.82 Å². The summed E-state index contributed by atoms with van der Waals surface area (Å²) in [6.07, 6.45) is 0. The number of carboxylic acids is 1. The Balaban J connectivity index is 3.24. The highest BCUT2D eigenvalue weighted by atomic mass is 19.2. The van der Waals surface area contributed by atoms with E-state index in [-0.39, 0.29) is 0 Å². The van der Waals surface area contributed by atoms with Crippen LogP contribution in [0.5, 0.6) is 0 Å². The van der Waals surface area contributed by atoms with E-state index in [0.717, 1.165) is 0 Å². The third kappa shape index (κ3) is 2.39. The van der Waals surface area contributed by atoms with Gasteiger partial charge >= 0.3 is 5.97 Å². The van der Waals surface area contributed by atoms with Gasteiger partial charge in [-0.1, -0.05) is 0 Å². The zero-order valence-corrected chi connectivity index (χ0v) is 8.36. The third-order valence-corrected chi connectivity index (χ3v) is 1.84. The van der Waals surface area contributed by atoms with Crippen LogP contribution in [-0.2, 0) is 4.79 Å². The summed E-state index contributed by atoms with van der Waals surface area (Å²) in [4.78, 5) is 21.2. The van der Waals surface area contributed by atoms with Crippen LogP contribution in [0.3, 0.4) is 0 Å². The minimum absolute atomic E-state index is 1.03. The fraction of sp³-hybridized carbons (Fsp3) is 0.111. The summed E-state index contributed by atoms with van der Waals surface area (Å²) in [5.74, 6) is -14.9. The first-order valence-electron chi connectivity index (χ1n) is 4.28. The van der Waals surface area contributed by atoms with Crippen molar-refractivity contribution in [1.29, 1.82) is 0 Å². The molecule has 0 heterocycles. The maximum atomic E-state index is 13.0. The average Bonchev–Trinajstić information content (AvgIpc) is 2.31. The summed E-state index contributed by atoms with van der Waals surface area (Å²) in [5.41, 5.74) is -1.73. The molecule has 0 saturated heterocycles. The Morgan fingerprint density at radius 3 is 1.67 bits per heavy atom. The lowest BCUT2D eigenvalue weighted by atomic mass is 10.1. The highest BCUT2D eigenvalue weighted by Gasteiger charge is 2.29. The van der Waals surface area contributed by atoms with E-state index < -0.39 is 53.1 Å². The van der Waals surface area contributed by atoms with E-state index in [9.17, 15) is 31.5 Å². The van der Waals surface area contributed by atoms with Crippen LogP contribution in [0.1, 0.15) is 10.4 Å². The summed E-state index contributed by atoms with van der Waals surface area (Å²) in [5, 5.41) is 9.67. The second kappa shape index (κ2) is 4.98. The maximum Gasteiger partial charge on any atom is 0.322 e. The summed E-state index contributed by atoms with van der Waals surface area (Å²) in [7, 11) is 0. The van der Waals surface area contributed by atoms with Crippen LogP contribution < -0.4 is 5.32 Å². The number of hydrogen-bond donors (Lipinski definition) is 2. The van der Waals surface area contributed by atoms with Gasteiger partial charge in [0.1, 0.15) is 12.1 Å². The number of halogens is 5. The number of hydrogen-bond acceptors (Lipinski definition) is 2. The second-order valence-corrected chi connectivity index (χ2v) is 3.02. The van der Waals surface area contributed by atoms with Crippen LogP contribution in [0.25, 0.3) is 0 Å². The van der Waals surface area contributed by atoms with Crippen molar-refractivity contribution in [2.24, 2.45) is 0 Å². The lowest BCUT2D eigenvalue weighted by molar-refractivity contribution is -0.135. The van der Waals surface area contributed by atoms with Gasteiger partial charge in [-0.3, -0.25) is 9.59 Å². The van der Waals surface area contributed by atoms with Crippen LogP contribution in [0.4, 0.5) is 22.0 Å². The van der Waals surface area contributed by atoms with Gasteiger partial charge in [0.05, 0.1) is 0 Å². The molecule has 0 radical (unpaired) electrons. The van der Waals surface area contributed by atoms with Gasteiger partial charge in [-0.2, -0.15) is 0 Å². The number of benzene rings is 1. The molecule has 0 fully saturated rings. The number of aliphatic carboxylic acids is 1. The summed E-state index contributed by atoms with van der Waals surface area (Å²) < 4.78 is 64.1. The molecule has 0 aliphatic heterocycles. The van der Waals surface area contributed by atoms with Crippen molar-refractivity contribution in [3.05, 3.63) is 34.6 Å². The first kappa shape index (κ1) is 13.9. The molecule has 18 heavy (non-hydrogen) atoms. The molecule has 0 bridgehead atoms. The fourth-order valence-electron chi connectivity index (χ4n) is 1.05. The predicted molar refractivity (Wildman–Crippen MR) is 46.2 cm³/mol. The van der Waals surface area contributed by atoms with Crippen LogP contribution in [0.15, 0.2) is 0 Å². The predicted octanol–water partition coefficient (Wildman–Crippen LogP) is 1.20. The fourth-order valence-corrected chi connectivity index (χ4v) is 1.05. The summed E-state index contributed by atoms with van der Waals surface area (Å²) in [6, 6.07) is 0. The molecule has 1 aromatic carbocycles. The molecular weight excluding hydrogens is 265 g/mol. The van der Waals surface area contributed by atoms with E-state index in [1.54, 1.807) is 0 Å². The quantitative estimate of drug-likeness (QED) is 0.492. The third-order valence-electron chi connectivity index (χ3n) is 1.84. The molecule has 0 unspecified atom stereocenters. The van der Waals surface area contributed by atoms with E-state index in [1.807, 2.05) is 0 Å². The SMILES string of the molecule is O=C(O)CNC(=O)c1c(F)c(F)c(F)c(F)c1F. The molecule has 1 amide bonds. The highest BCUT2D eigenvalue weighted by molar-refractivity contribution is 5.96. The zero-order valence-electron chi connectivity index (χ0n) is 8.36. The molecule has 0 aliphatic carbocycles. The average molecular weight is 269 g/mol. The number of amides is 1. The van der Waals surface area contributed by atoms with Crippen LogP contribution in [0.2, 0.25) is 0 Å². The summed E-state index contributed by atoms with van der Waals surface area (Å²) in [6.45, 7) is -1.03. The second-order valence-electron chi connectivity index (χ2n) is 3.02. The van der Waals surface area contributed by atoms with Gasteiger partial charge in [-0.15, -0.1) is 0 Å². The normalized spacial score (nSPS) is 10.3. The molecular formula is C9H4F5NO3. The van der Waals surface area contributed by atoms with Crippen molar-refractivity contribution in [2.75, 3.05) is 6.54 Å². The number of rotatable bonds is 3. The first-order chi connectivity index (χ1) is 8.27. The molecule has 1 aromatic rings. The summed E-state index contributed by atoms with van der Waals surface area (Å²) >= 11 is 0. The van der Waals surface area contributed by atoms with Crippen molar-refractivity contribution in [3.8, 4) is 0 Å². The van der Waals surface area contributed by atoms with Gasteiger partial charge in [0.25, 0.3) is 5.91 Å². The van der Waals surface area contributed by atoms with Gasteiger partial charge in [0.15, 0.2) is 23.3 Å². The molecule has 0 aliphatic rings. The largest absolute Gasteiger partial charge is 0.480 e. The highest BCUT2D eigenvalue weighted by Crippen LogP contribution is 2.22. The number of carbonyl (C=O) groups is 2. The molecule has 98 valence electrons. The smallest absolute Gasteiger partial charge is 0.322 e. The lowest BCUT2D eigenvalue weighted by Gasteiger charge is -2.07. The van der Waals surface area contributed by atoms with E-state index in [4.69, 9.17) is 5.11 Å². The first-order valence-corrected chi connectivity index (χ1v) is 4.28. The van der Waals surface area contributed by atoms with Gasteiger partial charge in [-0.05, 0) is 0 Å². The Labute approximate surface area is 96.0 Å². The van der Waals surface area contributed by atoms with Crippen molar-refractivity contribution in [3.63, 3.8) is 0 Å². The minimum Gasteiger partial charge on any atom is -0.480 e. The van der Waals surface area contributed by atoms with Crippen molar-refractivity contribution in [1.82, 2.24) is 5.32 Å². The van der Waals surface area contributed by atoms with Crippen LogP contribution in [-0.4, -0.2) is 23.5 Å². The molecule has 2 N–H and O–H groups in total. The van der Waals surface area contributed by atoms with E-state index >= 15 is 0 Å². The minimum atomic E-state index is -2.40. The van der Waals surface area contributed by atoms with E-state index in [1.165, 1.54) is 5.32 Å². The van der Waals surface area contributed by atoms with Crippen molar-refractivity contribution in [2.45, 2.75) is 0 Å². The zero-order chi connectivity index (χ0) is 14.0. The Kier molecular flexibility index (Phi) is 3.84. The topological polar surface area (TPSA) is 66.4 Å².